The van der Waals surface area contributed by atoms with Gasteiger partial charge in [-0.2, -0.15) is 0 Å². The maximum absolute atomic E-state index is 5.49. The molecule has 1 aliphatic rings. The molecule has 1 aliphatic heterocycles. The third-order valence-corrected chi connectivity index (χ3v) is 3.90. The van der Waals surface area contributed by atoms with E-state index >= 15 is 0 Å². The van der Waals surface area contributed by atoms with Crippen LogP contribution in [0.2, 0.25) is 0 Å². The molecule has 1 heterocycles. The van der Waals surface area contributed by atoms with Gasteiger partial charge >= 0.3 is 0 Å². The van der Waals surface area contributed by atoms with Crippen molar-refractivity contribution in [3.05, 3.63) is 0 Å². The summed E-state index contributed by atoms with van der Waals surface area (Å²) in [6.07, 6.45) is 1.32. The molecule has 1 saturated heterocycles. The summed E-state index contributed by atoms with van der Waals surface area (Å²) in [5.41, 5.74) is 0. The second-order valence-electron chi connectivity index (χ2n) is 5.79. The van der Waals surface area contributed by atoms with Crippen molar-refractivity contribution in [2.45, 2.75) is 47.1 Å². The van der Waals surface area contributed by atoms with Gasteiger partial charge in [-0.15, -0.1) is 0 Å². The minimum absolute atomic E-state index is 0.573. The van der Waals surface area contributed by atoms with Crippen LogP contribution in [0.25, 0.3) is 0 Å². The van der Waals surface area contributed by atoms with E-state index in [0.717, 1.165) is 30.0 Å². The van der Waals surface area contributed by atoms with Gasteiger partial charge in [-0.1, -0.05) is 27.7 Å². The Bertz CT molecular complexity index is 240. The molecule has 0 saturated carbocycles. The molecule has 0 bridgehead atoms. The van der Waals surface area contributed by atoms with Crippen LogP contribution >= 0.6 is 12.2 Å². The third kappa shape index (κ3) is 3.62. The van der Waals surface area contributed by atoms with Crippen molar-refractivity contribution in [1.29, 1.82) is 0 Å². The fourth-order valence-electron chi connectivity index (χ4n) is 2.38. The molecule has 0 radical (unpaired) electrons. The van der Waals surface area contributed by atoms with Crippen LogP contribution in [0.1, 0.15) is 41.0 Å². The number of thiocarbonyl (C=S) groups is 1. The molecule has 0 aromatic carbocycles. The van der Waals surface area contributed by atoms with Gasteiger partial charge in [0, 0.05) is 19.1 Å². The van der Waals surface area contributed by atoms with Crippen molar-refractivity contribution in [3.63, 3.8) is 0 Å². The zero-order chi connectivity index (χ0) is 12.3. The van der Waals surface area contributed by atoms with Gasteiger partial charge in [0.2, 0.25) is 0 Å². The number of piperidine rings is 1. The summed E-state index contributed by atoms with van der Waals surface area (Å²) in [5, 5.41) is 4.32. The molecular formula is C13H26N2S. The molecule has 0 aromatic rings. The molecule has 2 nitrogen and oxygen atoms in total. The summed E-state index contributed by atoms with van der Waals surface area (Å²) in [7, 11) is 0. The summed E-state index contributed by atoms with van der Waals surface area (Å²) < 4.78 is 0. The lowest BCUT2D eigenvalue weighted by molar-refractivity contribution is 0.145. The van der Waals surface area contributed by atoms with Gasteiger partial charge in [0.25, 0.3) is 0 Å². The first-order chi connectivity index (χ1) is 7.41. The Kier molecular flexibility index (Phi) is 5.03. The highest BCUT2D eigenvalue weighted by Gasteiger charge is 2.29. The summed E-state index contributed by atoms with van der Waals surface area (Å²) in [4.78, 5) is 2.37. The highest BCUT2D eigenvalue weighted by atomic mass is 32.1. The van der Waals surface area contributed by atoms with Gasteiger partial charge in [-0.3, -0.25) is 0 Å². The molecule has 1 fully saturated rings. The average molecular weight is 242 g/mol. The maximum Gasteiger partial charge on any atom is 0.169 e. The molecule has 16 heavy (non-hydrogen) atoms. The van der Waals surface area contributed by atoms with Gasteiger partial charge in [0.05, 0.1) is 0 Å². The lowest BCUT2D eigenvalue weighted by Gasteiger charge is -2.42. The summed E-state index contributed by atoms with van der Waals surface area (Å²) in [6, 6.07) is 0.573. The van der Waals surface area contributed by atoms with E-state index in [2.05, 4.69) is 44.8 Å². The number of rotatable bonds is 2. The van der Waals surface area contributed by atoms with Crippen molar-refractivity contribution in [2.24, 2.45) is 17.8 Å². The smallest absolute Gasteiger partial charge is 0.169 e. The Balaban J connectivity index is 2.52. The van der Waals surface area contributed by atoms with E-state index in [1.54, 1.807) is 0 Å². The second kappa shape index (κ2) is 5.85. The number of hydrogen-bond acceptors (Lipinski definition) is 1. The lowest BCUT2D eigenvalue weighted by atomic mass is 9.86. The molecule has 0 spiro atoms. The van der Waals surface area contributed by atoms with Crippen molar-refractivity contribution in [3.8, 4) is 0 Å². The standard InChI is InChI=1S/C13H26N2S/c1-9(2)7-14-13(16)15-8-10(3)6-11(4)12(15)5/h9-12H,6-8H2,1-5H3,(H,14,16). The number of likely N-dealkylation sites (tertiary alicyclic amines) is 1. The van der Waals surface area contributed by atoms with Crippen molar-refractivity contribution in [1.82, 2.24) is 10.2 Å². The molecule has 1 N–H and O–H groups in total. The van der Waals surface area contributed by atoms with E-state index in [-0.39, 0.29) is 0 Å². The van der Waals surface area contributed by atoms with Crippen LogP contribution in [0, 0.1) is 17.8 Å². The van der Waals surface area contributed by atoms with Crippen LogP contribution < -0.4 is 5.32 Å². The molecule has 3 heteroatoms. The van der Waals surface area contributed by atoms with Crippen molar-refractivity contribution in [2.75, 3.05) is 13.1 Å². The van der Waals surface area contributed by atoms with E-state index in [0.29, 0.717) is 12.0 Å². The van der Waals surface area contributed by atoms with Gasteiger partial charge in [-0.05, 0) is 43.3 Å². The molecule has 3 unspecified atom stereocenters. The highest BCUT2D eigenvalue weighted by molar-refractivity contribution is 7.80. The molecule has 3 atom stereocenters. The van der Waals surface area contributed by atoms with Gasteiger partial charge < -0.3 is 10.2 Å². The monoisotopic (exact) mass is 242 g/mol. The first kappa shape index (κ1) is 13.8. The Morgan fingerprint density at radius 2 is 2.00 bits per heavy atom. The molecule has 1 rings (SSSR count). The van der Waals surface area contributed by atoms with Crippen LogP contribution in [0.4, 0.5) is 0 Å². The highest BCUT2D eigenvalue weighted by Crippen LogP contribution is 2.26. The molecular weight excluding hydrogens is 216 g/mol. The van der Waals surface area contributed by atoms with E-state index < -0.39 is 0 Å². The normalized spacial score (nSPS) is 30.6. The number of hydrogen-bond donors (Lipinski definition) is 1. The predicted molar refractivity (Wildman–Crippen MR) is 74.6 cm³/mol. The van der Waals surface area contributed by atoms with Gasteiger partial charge in [0.15, 0.2) is 5.11 Å². The van der Waals surface area contributed by atoms with E-state index in [1.807, 2.05) is 0 Å². The number of nitrogens with one attached hydrogen (secondary N) is 1. The molecule has 0 aliphatic carbocycles. The summed E-state index contributed by atoms with van der Waals surface area (Å²) in [6.45, 7) is 13.4. The van der Waals surface area contributed by atoms with Crippen molar-refractivity contribution < 1.29 is 0 Å². The summed E-state index contributed by atoms with van der Waals surface area (Å²) in [5.74, 6) is 2.14. The van der Waals surface area contributed by atoms with Crippen LogP contribution in [-0.2, 0) is 0 Å². The molecule has 0 aromatic heterocycles. The van der Waals surface area contributed by atoms with E-state index in [9.17, 15) is 0 Å². The predicted octanol–water partition coefficient (Wildman–Crippen LogP) is 2.88. The molecule has 94 valence electrons. The minimum atomic E-state index is 0.573. The molecule has 0 amide bonds. The zero-order valence-corrected chi connectivity index (χ0v) is 12.1. The van der Waals surface area contributed by atoms with Gasteiger partial charge in [0.1, 0.15) is 0 Å². The third-order valence-electron chi connectivity index (χ3n) is 3.52. The Hall–Kier alpha value is -0.310. The van der Waals surface area contributed by atoms with E-state index in [1.165, 1.54) is 6.42 Å². The van der Waals surface area contributed by atoms with Gasteiger partial charge in [-0.25, -0.2) is 0 Å². The first-order valence-electron chi connectivity index (χ1n) is 6.46. The summed E-state index contributed by atoms with van der Waals surface area (Å²) >= 11 is 5.49. The Morgan fingerprint density at radius 3 is 2.56 bits per heavy atom. The Labute approximate surface area is 106 Å². The van der Waals surface area contributed by atoms with Crippen molar-refractivity contribution >= 4 is 17.3 Å². The Morgan fingerprint density at radius 1 is 1.38 bits per heavy atom. The average Bonchev–Trinajstić information content (AvgIpc) is 2.19. The minimum Gasteiger partial charge on any atom is -0.362 e. The fourth-order valence-corrected chi connectivity index (χ4v) is 2.70. The van der Waals surface area contributed by atoms with Crippen LogP contribution in [0.3, 0.4) is 0 Å². The topological polar surface area (TPSA) is 15.3 Å². The van der Waals surface area contributed by atoms with Crippen LogP contribution in [0.15, 0.2) is 0 Å². The first-order valence-corrected chi connectivity index (χ1v) is 6.87. The second-order valence-corrected chi connectivity index (χ2v) is 6.18. The fraction of sp³-hybridized carbons (Fsp3) is 0.923. The van der Waals surface area contributed by atoms with E-state index in [4.69, 9.17) is 12.2 Å². The lowest BCUT2D eigenvalue weighted by Crippen LogP contribution is -2.52. The number of nitrogens with zero attached hydrogens (tertiary/aromatic N) is 1. The van der Waals surface area contributed by atoms with Crippen LogP contribution in [0.5, 0.6) is 0 Å². The largest absolute Gasteiger partial charge is 0.362 e. The SMILES string of the molecule is CC(C)CNC(=S)N1CC(C)CC(C)C1C. The quantitative estimate of drug-likeness (QED) is 0.750. The zero-order valence-electron chi connectivity index (χ0n) is 11.3. The van der Waals surface area contributed by atoms with Crippen LogP contribution in [-0.4, -0.2) is 29.1 Å². The maximum atomic E-state index is 5.49.